The second-order valence-corrected chi connectivity index (χ2v) is 5.00. The van der Waals surface area contributed by atoms with Crippen molar-refractivity contribution in [2.24, 2.45) is 5.84 Å². The van der Waals surface area contributed by atoms with Crippen molar-refractivity contribution in [1.82, 2.24) is 15.6 Å². The molecule has 0 radical (unpaired) electrons. The summed E-state index contributed by atoms with van der Waals surface area (Å²) in [5, 5.41) is 2.94. The van der Waals surface area contributed by atoms with Crippen molar-refractivity contribution in [1.29, 1.82) is 0 Å². The largest absolute Gasteiger partial charge is 0.459 e. The number of furan rings is 1. The number of nitrogen functional groups attached to an aromatic ring is 1. The van der Waals surface area contributed by atoms with E-state index in [2.05, 4.69) is 15.6 Å². The zero-order valence-corrected chi connectivity index (χ0v) is 11.5. The lowest BCUT2D eigenvalue weighted by atomic mass is 10.0. The lowest BCUT2D eigenvalue weighted by Crippen LogP contribution is -2.43. The number of nitrogens with one attached hydrogen (secondary N) is 2. The maximum absolute atomic E-state index is 11.5. The van der Waals surface area contributed by atoms with E-state index in [0.29, 0.717) is 6.54 Å². The number of likely N-dealkylation sites (tertiary alicyclic amines) is 1. The minimum atomic E-state index is -0.418. The molecule has 1 aromatic heterocycles. The van der Waals surface area contributed by atoms with Crippen LogP contribution in [0.5, 0.6) is 0 Å². The van der Waals surface area contributed by atoms with Crippen LogP contribution in [0.15, 0.2) is 16.7 Å². The molecule has 2 heterocycles. The Morgan fingerprint density at radius 3 is 2.75 bits per heavy atom. The van der Waals surface area contributed by atoms with Crippen molar-refractivity contribution in [3.8, 4) is 0 Å². The molecule has 4 N–H and O–H groups in total. The quantitative estimate of drug-likeness (QED) is 0.409. The summed E-state index contributed by atoms with van der Waals surface area (Å²) in [6.45, 7) is 3.93. The van der Waals surface area contributed by atoms with E-state index in [1.165, 1.54) is 13.2 Å². The molecule has 1 aliphatic rings. The maximum atomic E-state index is 11.5. The fourth-order valence-electron chi connectivity index (χ4n) is 2.49. The van der Waals surface area contributed by atoms with E-state index in [1.54, 1.807) is 6.07 Å². The van der Waals surface area contributed by atoms with Gasteiger partial charge in [0, 0.05) is 38.2 Å². The number of amides is 2. The van der Waals surface area contributed by atoms with Gasteiger partial charge in [0.2, 0.25) is 5.91 Å². The molecule has 7 heteroatoms. The van der Waals surface area contributed by atoms with Crippen LogP contribution in [0, 0.1) is 0 Å². The standard InChI is InChI=1S/C13H20N4O3/c1-9(18)15-11-2-5-17(6-3-11)8-10-4-7-20-12(10)13(19)16-14/h4,7,11H,2-3,5-6,8,14H2,1H3,(H,15,18)(H,16,19). The summed E-state index contributed by atoms with van der Waals surface area (Å²) >= 11 is 0. The Balaban J connectivity index is 1.88. The summed E-state index contributed by atoms with van der Waals surface area (Å²) in [4.78, 5) is 24.8. The Kier molecular flexibility index (Phi) is 4.75. The van der Waals surface area contributed by atoms with E-state index in [9.17, 15) is 9.59 Å². The molecule has 1 aliphatic heterocycles. The summed E-state index contributed by atoms with van der Waals surface area (Å²) < 4.78 is 5.16. The summed E-state index contributed by atoms with van der Waals surface area (Å²) in [6, 6.07) is 2.03. The Morgan fingerprint density at radius 2 is 2.15 bits per heavy atom. The third-order valence-electron chi connectivity index (χ3n) is 3.47. The number of hydrazine groups is 1. The number of nitrogens with two attached hydrogens (primary N) is 1. The molecule has 1 saturated heterocycles. The number of piperidine rings is 1. The summed E-state index contributed by atoms with van der Waals surface area (Å²) in [5.74, 6) is 4.97. The first kappa shape index (κ1) is 14.5. The van der Waals surface area contributed by atoms with Crippen molar-refractivity contribution in [3.63, 3.8) is 0 Å². The summed E-state index contributed by atoms with van der Waals surface area (Å²) in [7, 11) is 0. The number of hydrogen-bond acceptors (Lipinski definition) is 5. The highest BCUT2D eigenvalue weighted by Crippen LogP contribution is 2.17. The van der Waals surface area contributed by atoms with Gasteiger partial charge in [0.15, 0.2) is 5.76 Å². The first-order valence-corrected chi connectivity index (χ1v) is 6.67. The van der Waals surface area contributed by atoms with Gasteiger partial charge in [0.05, 0.1) is 6.26 Å². The molecule has 0 unspecified atom stereocenters. The Hall–Kier alpha value is -1.86. The topological polar surface area (TPSA) is 101 Å². The average Bonchev–Trinajstić information content (AvgIpc) is 2.87. The third-order valence-corrected chi connectivity index (χ3v) is 3.47. The Bertz CT molecular complexity index is 478. The second kappa shape index (κ2) is 6.53. The van der Waals surface area contributed by atoms with Gasteiger partial charge < -0.3 is 9.73 Å². The minimum Gasteiger partial charge on any atom is -0.459 e. The van der Waals surface area contributed by atoms with Crippen LogP contribution in [0.2, 0.25) is 0 Å². The lowest BCUT2D eigenvalue weighted by Gasteiger charge is -2.31. The van der Waals surface area contributed by atoms with E-state index in [4.69, 9.17) is 10.3 Å². The number of rotatable bonds is 4. The van der Waals surface area contributed by atoms with Crippen LogP contribution >= 0.6 is 0 Å². The molecule has 7 nitrogen and oxygen atoms in total. The van der Waals surface area contributed by atoms with Gasteiger partial charge >= 0.3 is 5.91 Å². The fraction of sp³-hybridized carbons (Fsp3) is 0.538. The third kappa shape index (κ3) is 3.58. The predicted molar refractivity (Wildman–Crippen MR) is 72.5 cm³/mol. The molecular weight excluding hydrogens is 260 g/mol. The van der Waals surface area contributed by atoms with Crippen molar-refractivity contribution in [2.45, 2.75) is 32.4 Å². The summed E-state index contributed by atoms with van der Waals surface area (Å²) in [6.07, 6.45) is 3.32. The van der Waals surface area contributed by atoms with Gasteiger partial charge in [-0.1, -0.05) is 0 Å². The molecule has 2 rings (SSSR count). The van der Waals surface area contributed by atoms with Gasteiger partial charge in [-0.05, 0) is 18.9 Å². The molecular formula is C13H20N4O3. The number of carbonyl (C=O) groups excluding carboxylic acids is 2. The van der Waals surface area contributed by atoms with E-state index in [1.807, 2.05) is 0 Å². The highest BCUT2D eigenvalue weighted by molar-refractivity contribution is 5.92. The second-order valence-electron chi connectivity index (χ2n) is 5.00. The highest BCUT2D eigenvalue weighted by Gasteiger charge is 2.22. The van der Waals surface area contributed by atoms with Crippen LogP contribution in [0.3, 0.4) is 0 Å². The first-order chi connectivity index (χ1) is 9.60. The van der Waals surface area contributed by atoms with Crippen LogP contribution in [0.4, 0.5) is 0 Å². The minimum absolute atomic E-state index is 0.0141. The van der Waals surface area contributed by atoms with Crippen LogP contribution in [0.25, 0.3) is 0 Å². The number of nitrogens with zero attached hydrogens (tertiary/aromatic N) is 1. The van der Waals surface area contributed by atoms with E-state index in [0.717, 1.165) is 31.5 Å². The number of hydrogen-bond donors (Lipinski definition) is 3. The average molecular weight is 280 g/mol. The molecule has 1 fully saturated rings. The van der Waals surface area contributed by atoms with Gasteiger partial charge in [-0.25, -0.2) is 5.84 Å². The first-order valence-electron chi connectivity index (χ1n) is 6.67. The molecule has 2 amide bonds. The van der Waals surface area contributed by atoms with Gasteiger partial charge in [-0.15, -0.1) is 0 Å². The molecule has 0 aliphatic carbocycles. The number of carbonyl (C=O) groups is 2. The normalized spacial score (nSPS) is 16.9. The van der Waals surface area contributed by atoms with Gasteiger partial charge in [0.25, 0.3) is 0 Å². The van der Waals surface area contributed by atoms with Crippen molar-refractivity contribution < 1.29 is 14.0 Å². The molecule has 1 aromatic rings. The smallest absolute Gasteiger partial charge is 0.301 e. The van der Waals surface area contributed by atoms with Crippen LogP contribution in [0.1, 0.15) is 35.9 Å². The van der Waals surface area contributed by atoms with E-state index < -0.39 is 5.91 Å². The Labute approximate surface area is 117 Å². The molecule has 0 aromatic carbocycles. The van der Waals surface area contributed by atoms with Crippen LogP contribution in [-0.2, 0) is 11.3 Å². The van der Waals surface area contributed by atoms with Crippen molar-refractivity contribution >= 4 is 11.8 Å². The zero-order valence-electron chi connectivity index (χ0n) is 11.5. The molecule has 0 atom stereocenters. The van der Waals surface area contributed by atoms with Crippen LogP contribution < -0.4 is 16.6 Å². The van der Waals surface area contributed by atoms with E-state index in [-0.39, 0.29) is 17.7 Å². The van der Waals surface area contributed by atoms with Gasteiger partial charge in [-0.2, -0.15) is 0 Å². The fourth-order valence-corrected chi connectivity index (χ4v) is 2.49. The molecule has 0 bridgehead atoms. The maximum Gasteiger partial charge on any atom is 0.301 e. The van der Waals surface area contributed by atoms with Crippen molar-refractivity contribution in [3.05, 3.63) is 23.7 Å². The lowest BCUT2D eigenvalue weighted by molar-refractivity contribution is -0.119. The zero-order chi connectivity index (χ0) is 14.5. The van der Waals surface area contributed by atoms with Gasteiger partial charge in [-0.3, -0.25) is 19.9 Å². The SMILES string of the molecule is CC(=O)NC1CCN(Cc2ccoc2C(=O)NN)CC1. The Morgan fingerprint density at radius 1 is 1.45 bits per heavy atom. The predicted octanol–water partition coefficient (Wildman–Crippen LogP) is -0.0164. The highest BCUT2D eigenvalue weighted by atomic mass is 16.3. The molecule has 0 saturated carbocycles. The molecule has 20 heavy (non-hydrogen) atoms. The summed E-state index contributed by atoms with van der Waals surface area (Å²) in [5.41, 5.74) is 2.90. The van der Waals surface area contributed by atoms with Crippen molar-refractivity contribution in [2.75, 3.05) is 13.1 Å². The van der Waals surface area contributed by atoms with E-state index >= 15 is 0 Å². The monoisotopic (exact) mass is 280 g/mol. The van der Waals surface area contributed by atoms with Gasteiger partial charge in [0.1, 0.15) is 0 Å². The van der Waals surface area contributed by atoms with Crippen LogP contribution in [-0.4, -0.2) is 35.8 Å². The molecule has 110 valence electrons. The molecule has 0 spiro atoms.